The van der Waals surface area contributed by atoms with E-state index in [1.54, 1.807) is 0 Å². The van der Waals surface area contributed by atoms with Gasteiger partial charge in [-0.3, -0.25) is 0 Å². The second kappa shape index (κ2) is 3.99. The Hall–Kier alpha value is 0.270. The van der Waals surface area contributed by atoms with Crippen LogP contribution in [0.4, 0.5) is 0 Å². The topological polar surface area (TPSA) is 46.2 Å². The number of hydrogen-bond donors (Lipinski definition) is 2. The summed E-state index contributed by atoms with van der Waals surface area (Å²) in [5.74, 6) is 2.96. The van der Waals surface area contributed by atoms with E-state index >= 15 is 0 Å². The molecule has 12 heavy (non-hydrogen) atoms. The van der Waals surface area contributed by atoms with Gasteiger partial charge in [0, 0.05) is 18.4 Å². The Balaban J connectivity index is 2.70. The summed E-state index contributed by atoms with van der Waals surface area (Å²) in [6, 6.07) is 0.203. The summed E-state index contributed by atoms with van der Waals surface area (Å²) in [5, 5.41) is 8.99. The molecule has 1 saturated heterocycles. The summed E-state index contributed by atoms with van der Waals surface area (Å²) in [6.07, 6.45) is 0.860. The highest BCUT2D eigenvalue weighted by molar-refractivity contribution is 7.99. The van der Waals surface area contributed by atoms with Crippen molar-refractivity contribution in [2.75, 3.05) is 18.1 Å². The fraction of sp³-hybridized carbons (Fsp3) is 1.00. The third-order valence-corrected chi connectivity index (χ3v) is 4.68. The molecule has 1 heterocycles. The number of rotatable bonds is 3. The van der Waals surface area contributed by atoms with Gasteiger partial charge in [-0.25, -0.2) is 0 Å². The molecular formula is C9H19NOS. The molecule has 1 aliphatic rings. The first-order valence-electron chi connectivity index (χ1n) is 4.57. The molecule has 0 aromatic carbocycles. The molecule has 3 atom stereocenters. The Kier molecular flexibility index (Phi) is 3.44. The average Bonchev–Trinajstić information content (AvgIpc) is 2.34. The van der Waals surface area contributed by atoms with Crippen molar-refractivity contribution in [3.63, 3.8) is 0 Å². The maximum Gasteiger partial charge on any atom is 0.0437 e. The molecule has 0 aromatic heterocycles. The van der Waals surface area contributed by atoms with Crippen molar-refractivity contribution in [1.29, 1.82) is 0 Å². The van der Waals surface area contributed by atoms with Gasteiger partial charge >= 0.3 is 0 Å². The summed E-state index contributed by atoms with van der Waals surface area (Å²) in [5.41, 5.74) is 6.18. The quantitative estimate of drug-likeness (QED) is 0.698. The minimum absolute atomic E-state index is 0.194. The van der Waals surface area contributed by atoms with Gasteiger partial charge in [-0.2, -0.15) is 11.8 Å². The highest BCUT2D eigenvalue weighted by Gasteiger charge is 2.42. The SMILES string of the molecule is CC(N)C1(CCO)CSCC1C. The Bertz CT molecular complexity index is 151. The summed E-state index contributed by atoms with van der Waals surface area (Å²) >= 11 is 1.97. The van der Waals surface area contributed by atoms with Crippen molar-refractivity contribution < 1.29 is 5.11 Å². The van der Waals surface area contributed by atoms with Gasteiger partial charge in [-0.15, -0.1) is 0 Å². The molecule has 1 rings (SSSR count). The summed E-state index contributed by atoms with van der Waals surface area (Å²) in [4.78, 5) is 0. The predicted octanol–water partition coefficient (Wildman–Crippen LogP) is 1.09. The summed E-state index contributed by atoms with van der Waals surface area (Å²) in [7, 11) is 0. The van der Waals surface area contributed by atoms with Crippen LogP contribution in [0.15, 0.2) is 0 Å². The van der Waals surface area contributed by atoms with Crippen LogP contribution in [-0.2, 0) is 0 Å². The lowest BCUT2D eigenvalue weighted by atomic mass is 9.71. The first-order valence-corrected chi connectivity index (χ1v) is 5.73. The van der Waals surface area contributed by atoms with Crippen LogP contribution in [0.25, 0.3) is 0 Å². The zero-order chi connectivity index (χ0) is 9.19. The molecule has 3 heteroatoms. The second-order valence-electron chi connectivity index (χ2n) is 3.91. The predicted molar refractivity (Wildman–Crippen MR) is 54.3 cm³/mol. The fourth-order valence-corrected chi connectivity index (χ4v) is 3.94. The molecule has 1 fully saturated rings. The van der Waals surface area contributed by atoms with Gasteiger partial charge in [0.05, 0.1) is 0 Å². The first kappa shape index (κ1) is 10.4. The van der Waals surface area contributed by atoms with E-state index in [1.165, 1.54) is 5.75 Å². The van der Waals surface area contributed by atoms with Gasteiger partial charge in [0.15, 0.2) is 0 Å². The van der Waals surface area contributed by atoms with Gasteiger partial charge in [0.25, 0.3) is 0 Å². The maximum atomic E-state index is 8.99. The lowest BCUT2D eigenvalue weighted by molar-refractivity contribution is 0.135. The van der Waals surface area contributed by atoms with Crippen molar-refractivity contribution in [2.45, 2.75) is 26.3 Å². The van der Waals surface area contributed by atoms with Crippen LogP contribution < -0.4 is 5.73 Å². The van der Waals surface area contributed by atoms with Gasteiger partial charge in [0.1, 0.15) is 0 Å². The number of hydrogen-bond acceptors (Lipinski definition) is 3. The fourth-order valence-electron chi connectivity index (χ4n) is 2.07. The zero-order valence-electron chi connectivity index (χ0n) is 7.92. The second-order valence-corrected chi connectivity index (χ2v) is 4.94. The average molecular weight is 189 g/mol. The van der Waals surface area contributed by atoms with E-state index in [4.69, 9.17) is 10.8 Å². The van der Waals surface area contributed by atoms with Gasteiger partial charge < -0.3 is 10.8 Å². The molecule has 0 aliphatic carbocycles. The largest absolute Gasteiger partial charge is 0.396 e. The standard InChI is InChI=1S/C9H19NOS/c1-7-5-12-6-9(7,3-4-11)8(2)10/h7-8,11H,3-6,10H2,1-2H3. The van der Waals surface area contributed by atoms with Gasteiger partial charge in [-0.05, 0) is 30.4 Å². The van der Waals surface area contributed by atoms with E-state index in [-0.39, 0.29) is 18.1 Å². The number of nitrogens with two attached hydrogens (primary N) is 1. The Morgan fingerprint density at radius 2 is 2.42 bits per heavy atom. The van der Waals surface area contributed by atoms with Crippen LogP contribution >= 0.6 is 11.8 Å². The Labute approximate surface area is 78.9 Å². The van der Waals surface area contributed by atoms with Crippen LogP contribution in [0.5, 0.6) is 0 Å². The van der Waals surface area contributed by atoms with E-state index in [2.05, 4.69) is 13.8 Å². The maximum absolute atomic E-state index is 8.99. The van der Waals surface area contributed by atoms with Crippen LogP contribution in [-0.4, -0.2) is 29.3 Å². The zero-order valence-corrected chi connectivity index (χ0v) is 8.73. The van der Waals surface area contributed by atoms with Crippen LogP contribution in [0.2, 0.25) is 0 Å². The Morgan fingerprint density at radius 1 is 1.75 bits per heavy atom. The lowest BCUT2D eigenvalue weighted by Gasteiger charge is -2.36. The minimum atomic E-state index is 0.194. The molecule has 3 N–H and O–H groups in total. The molecule has 72 valence electrons. The highest BCUT2D eigenvalue weighted by Crippen LogP contribution is 2.45. The van der Waals surface area contributed by atoms with E-state index in [9.17, 15) is 0 Å². The molecule has 0 amide bonds. The molecule has 0 radical (unpaired) electrons. The van der Waals surface area contributed by atoms with Crippen molar-refractivity contribution in [2.24, 2.45) is 17.1 Å². The van der Waals surface area contributed by atoms with Crippen LogP contribution in [0.1, 0.15) is 20.3 Å². The lowest BCUT2D eigenvalue weighted by Crippen LogP contribution is -2.44. The van der Waals surface area contributed by atoms with Crippen molar-refractivity contribution in [3.8, 4) is 0 Å². The van der Waals surface area contributed by atoms with Crippen molar-refractivity contribution >= 4 is 11.8 Å². The number of aliphatic hydroxyl groups excluding tert-OH is 1. The Morgan fingerprint density at radius 3 is 2.75 bits per heavy atom. The molecule has 0 spiro atoms. The summed E-state index contributed by atoms with van der Waals surface area (Å²) < 4.78 is 0. The molecule has 3 unspecified atom stereocenters. The number of aliphatic hydroxyl groups is 1. The number of thioether (sulfide) groups is 1. The molecular weight excluding hydrogens is 170 g/mol. The van der Waals surface area contributed by atoms with Crippen molar-refractivity contribution in [3.05, 3.63) is 0 Å². The van der Waals surface area contributed by atoms with Crippen LogP contribution in [0.3, 0.4) is 0 Å². The normalized spacial score (nSPS) is 38.5. The summed E-state index contributed by atoms with van der Waals surface area (Å²) in [6.45, 7) is 4.59. The van der Waals surface area contributed by atoms with E-state index in [0.717, 1.165) is 12.2 Å². The van der Waals surface area contributed by atoms with E-state index in [0.29, 0.717) is 5.92 Å². The first-order chi connectivity index (χ1) is 5.63. The third-order valence-electron chi connectivity index (χ3n) is 3.20. The van der Waals surface area contributed by atoms with Gasteiger partial charge in [0.2, 0.25) is 0 Å². The van der Waals surface area contributed by atoms with E-state index in [1.807, 2.05) is 11.8 Å². The van der Waals surface area contributed by atoms with Gasteiger partial charge in [-0.1, -0.05) is 6.92 Å². The van der Waals surface area contributed by atoms with Crippen LogP contribution in [0, 0.1) is 11.3 Å². The molecule has 2 nitrogen and oxygen atoms in total. The highest BCUT2D eigenvalue weighted by atomic mass is 32.2. The minimum Gasteiger partial charge on any atom is -0.396 e. The van der Waals surface area contributed by atoms with E-state index < -0.39 is 0 Å². The molecule has 0 saturated carbocycles. The third kappa shape index (κ3) is 1.63. The molecule has 0 bridgehead atoms. The molecule has 0 aromatic rings. The smallest absolute Gasteiger partial charge is 0.0437 e. The monoisotopic (exact) mass is 189 g/mol. The molecule has 1 aliphatic heterocycles. The van der Waals surface area contributed by atoms with Crippen molar-refractivity contribution in [1.82, 2.24) is 0 Å².